The fourth-order valence-corrected chi connectivity index (χ4v) is 1.03. The monoisotopic (exact) mass is 193 g/mol. The third kappa shape index (κ3) is 4.45. The van der Waals surface area contributed by atoms with Crippen molar-refractivity contribution in [3.05, 3.63) is 12.2 Å². The molecule has 0 amide bonds. The molecule has 0 spiro atoms. The van der Waals surface area contributed by atoms with Gasteiger partial charge in [-0.2, -0.15) is 17.4 Å². The summed E-state index contributed by atoms with van der Waals surface area (Å²) in [5.41, 5.74) is 5.16. The van der Waals surface area contributed by atoms with Gasteiger partial charge < -0.3 is 5.73 Å². The van der Waals surface area contributed by atoms with Crippen LogP contribution in [-0.4, -0.2) is 39.9 Å². The first-order valence-electron chi connectivity index (χ1n) is 3.53. The molecular weight excluding hydrogens is 178 g/mol. The number of nitrogens with two attached hydrogens (primary N) is 1. The molecule has 0 radical (unpaired) electrons. The van der Waals surface area contributed by atoms with Crippen LogP contribution < -0.4 is 10.5 Å². The van der Waals surface area contributed by atoms with Crippen molar-refractivity contribution in [2.75, 3.05) is 27.2 Å². The summed E-state index contributed by atoms with van der Waals surface area (Å²) in [6.45, 7) is 0.696. The van der Waals surface area contributed by atoms with Gasteiger partial charge in [0.05, 0.1) is 0 Å². The van der Waals surface area contributed by atoms with E-state index in [0.717, 1.165) is 4.31 Å². The van der Waals surface area contributed by atoms with E-state index in [2.05, 4.69) is 4.72 Å². The Hall–Kier alpha value is -0.430. The van der Waals surface area contributed by atoms with Crippen LogP contribution in [0.25, 0.3) is 0 Å². The number of nitrogens with one attached hydrogen (secondary N) is 1. The topological polar surface area (TPSA) is 75.4 Å². The minimum atomic E-state index is -3.29. The molecular formula is C6H15N3O2S. The molecule has 0 saturated carbocycles. The van der Waals surface area contributed by atoms with E-state index in [1.54, 1.807) is 12.2 Å². The van der Waals surface area contributed by atoms with Crippen LogP contribution in [-0.2, 0) is 10.2 Å². The van der Waals surface area contributed by atoms with Gasteiger partial charge in [-0.25, -0.2) is 0 Å². The van der Waals surface area contributed by atoms with E-state index in [0.29, 0.717) is 6.54 Å². The summed E-state index contributed by atoms with van der Waals surface area (Å²) in [5.74, 6) is 0. The Morgan fingerprint density at radius 1 is 1.42 bits per heavy atom. The van der Waals surface area contributed by atoms with Crippen molar-refractivity contribution in [1.29, 1.82) is 0 Å². The predicted molar refractivity (Wildman–Crippen MR) is 48.8 cm³/mol. The van der Waals surface area contributed by atoms with E-state index in [1.165, 1.54) is 14.1 Å². The van der Waals surface area contributed by atoms with Crippen molar-refractivity contribution < 1.29 is 8.42 Å². The molecule has 0 aromatic rings. The van der Waals surface area contributed by atoms with Crippen LogP contribution in [0.2, 0.25) is 0 Å². The van der Waals surface area contributed by atoms with Gasteiger partial charge in [-0.05, 0) is 0 Å². The molecule has 0 unspecified atom stereocenters. The molecule has 0 saturated heterocycles. The highest BCUT2D eigenvalue weighted by Crippen LogP contribution is 1.86. The third-order valence-corrected chi connectivity index (χ3v) is 2.66. The zero-order valence-corrected chi connectivity index (χ0v) is 8.13. The van der Waals surface area contributed by atoms with Crippen LogP contribution in [0, 0.1) is 0 Å². The Morgan fingerprint density at radius 2 is 2.00 bits per heavy atom. The molecule has 0 aromatic heterocycles. The maximum absolute atomic E-state index is 11.0. The van der Waals surface area contributed by atoms with Crippen molar-refractivity contribution in [2.24, 2.45) is 5.73 Å². The normalized spacial score (nSPS) is 13.0. The first-order valence-corrected chi connectivity index (χ1v) is 4.97. The summed E-state index contributed by atoms with van der Waals surface area (Å²) in [6.07, 6.45) is 3.36. The fourth-order valence-electron chi connectivity index (χ4n) is 0.462. The SMILES string of the molecule is CN(C)S(=O)(=O)NC/C=C/CN. The number of hydrogen-bond donors (Lipinski definition) is 2. The van der Waals surface area contributed by atoms with Crippen molar-refractivity contribution in [1.82, 2.24) is 9.03 Å². The largest absolute Gasteiger partial charge is 0.327 e. The zero-order valence-electron chi connectivity index (χ0n) is 7.32. The molecule has 0 bridgehead atoms. The molecule has 12 heavy (non-hydrogen) atoms. The summed E-state index contributed by atoms with van der Waals surface area (Å²) in [5, 5.41) is 0. The van der Waals surface area contributed by atoms with Crippen molar-refractivity contribution in [3.63, 3.8) is 0 Å². The summed E-state index contributed by atoms with van der Waals surface area (Å²) >= 11 is 0. The van der Waals surface area contributed by atoms with Crippen LogP contribution in [0.4, 0.5) is 0 Å². The first-order chi connectivity index (χ1) is 5.50. The molecule has 0 aliphatic carbocycles. The van der Waals surface area contributed by atoms with Gasteiger partial charge in [0.2, 0.25) is 0 Å². The minimum absolute atomic E-state index is 0.276. The number of rotatable bonds is 5. The highest BCUT2D eigenvalue weighted by Gasteiger charge is 2.09. The van der Waals surface area contributed by atoms with E-state index in [1.807, 2.05) is 0 Å². The Morgan fingerprint density at radius 3 is 2.42 bits per heavy atom. The molecule has 0 atom stereocenters. The summed E-state index contributed by atoms with van der Waals surface area (Å²) in [7, 11) is -0.353. The van der Waals surface area contributed by atoms with Gasteiger partial charge in [0.1, 0.15) is 0 Å². The lowest BCUT2D eigenvalue weighted by Crippen LogP contribution is -2.35. The lowest BCUT2D eigenvalue weighted by atomic mass is 10.5. The average molecular weight is 193 g/mol. The predicted octanol–water partition coefficient (Wildman–Crippen LogP) is -1.10. The van der Waals surface area contributed by atoms with Crippen LogP contribution in [0.3, 0.4) is 0 Å². The van der Waals surface area contributed by atoms with E-state index < -0.39 is 10.2 Å². The molecule has 0 heterocycles. The molecule has 0 aliphatic heterocycles. The molecule has 0 fully saturated rings. The van der Waals surface area contributed by atoms with Crippen molar-refractivity contribution >= 4 is 10.2 Å². The quantitative estimate of drug-likeness (QED) is 0.544. The van der Waals surface area contributed by atoms with Gasteiger partial charge in [0, 0.05) is 27.2 Å². The van der Waals surface area contributed by atoms with E-state index in [9.17, 15) is 8.42 Å². The van der Waals surface area contributed by atoms with Crippen LogP contribution in [0.15, 0.2) is 12.2 Å². The highest BCUT2D eigenvalue weighted by molar-refractivity contribution is 7.87. The summed E-state index contributed by atoms with van der Waals surface area (Å²) in [4.78, 5) is 0. The minimum Gasteiger partial charge on any atom is -0.327 e. The third-order valence-electron chi connectivity index (χ3n) is 1.17. The molecule has 0 aliphatic rings. The van der Waals surface area contributed by atoms with Gasteiger partial charge in [-0.3, -0.25) is 0 Å². The standard InChI is InChI=1S/C6H15N3O2S/c1-9(2)12(10,11)8-6-4-3-5-7/h3-4,8H,5-7H2,1-2H3/b4-3+. The highest BCUT2D eigenvalue weighted by atomic mass is 32.2. The van der Waals surface area contributed by atoms with Crippen molar-refractivity contribution in [2.45, 2.75) is 0 Å². The van der Waals surface area contributed by atoms with Crippen LogP contribution in [0.1, 0.15) is 0 Å². The second kappa shape index (κ2) is 5.26. The van der Waals surface area contributed by atoms with Crippen molar-refractivity contribution in [3.8, 4) is 0 Å². The fraction of sp³-hybridized carbons (Fsp3) is 0.667. The molecule has 0 aromatic carbocycles. The Kier molecular flexibility index (Phi) is 5.07. The molecule has 5 nitrogen and oxygen atoms in total. The first kappa shape index (κ1) is 11.6. The van der Waals surface area contributed by atoms with Crippen LogP contribution >= 0.6 is 0 Å². The molecule has 6 heteroatoms. The van der Waals surface area contributed by atoms with E-state index in [4.69, 9.17) is 5.73 Å². The number of nitrogens with zero attached hydrogens (tertiary/aromatic N) is 1. The molecule has 0 rings (SSSR count). The van der Waals surface area contributed by atoms with E-state index >= 15 is 0 Å². The van der Waals surface area contributed by atoms with Crippen LogP contribution in [0.5, 0.6) is 0 Å². The lowest BCUT2D eigenvalue weighted by molar-refractivity contribution is 0.509. The van der Waals surface area contributed by atoms with Gasteiger partial charge >= 0.3 is 0 Å². The summed E-state index contributed by atoms with van der Waals surface area (Å²) in [6, 6.07) is 0. The average Bonchev–Trinajstić information content (AvgIpc) is 1.98. The Balaban J connectivity index is 3.86. The Labute approximate surface area is 73.4 Å². The summed E-state index contributed by atoms with van der Waals surface area (Å²) < 4.78 is 25.5. The zero-order chi connectivity index (χ0) is 9.61. The van der Waals surface area contributed by atoms with Gasteiger partial charge in [0.25, 0.3) is 10.2 Å². The van der Waals surface area contributed by atoms with Gasteiger partial charge in [0.15, 0.2) is 0 Å². The van der Waals surface area contributed by atoms with E-state index in [-0.39, 0.29) is 6.54 Å². The second-order valence-electron chi connectivity index (χ2n) is 2.34. The number of hydrogen-bond acceptors (Lipinski definition) is 3. The second-order valence-corrected chi connectivity index (χ2v) is 4.31. The smallest absolute Gasteiger partial charge is 0.279 e. The van der Waals surface area contributed by atoms with Gasteiger partial charge in [-0.15, -0.1) is 0 Å². The molecule has 72 valence electrons. The van der Waals surface area contributed by atoms with Gasteiger partial charge in [-0.1, -0.05) is 12.2 Å². The Bertz CT molecular complexity index is 233. The maximum atomic E-state index is 11.0. The lowest BCUT2D eigenvalue weighted by Gasteiger charge is -2.10. The maximum Gasteiger partial charge on any atom is 0.279 e. The molecule has 3 N–H and O–H groups in total.